The van der Waals surface area contributed by atoms with Crippen LogP contribution in [0.5, 0.6) is 0 Å². The largest absolute Gasteiger partial charge is 0.385 e. The molecule has 0 aliphatic heterocycles. The van der Waals surface area contributed by atoms with Gasteiger partial charge in [0.05, 0.1) is 11.5 Å². The number of nitrogens with zero attached hydrogens (tertiary/aromatic N) is 1. The van der Waals surface area contributed by atoms with Crippen molar-refractivity contribution in [1.29, 1.82) is 0 Å². The maximum absolute atomic E-state index is 12.8. The van der Waals surface area contributed by atoms with E-state index in [1.807, 2.05) is 0 Å². The van der Waals surface area contributed by atoms with Crippen LogP contribution in [0.15, 0.2) is 11.0 Å². The Bertz CT molecular complexity index is 528. The van der Waals surface area contributed by atoms with Crippen LogP contribution in [0.4, 0.5) is 0 Å². The summed E-state index contributed by atoms with van der Waals surface area (Å²) in [5, 5.41) is 0. The second kappa shape index (κ2) is 8.82. The van der Waals surface area contributed by atoms with E-state index < -0.39 is 10.0 Å². The van der Waals surface area contributed by atoms with Gasteiger partial charge in [-0.25, -0.2) is 8.42 Å². The zero-order chi connectivity index (χ0) is 15.9. The Balaban J connectivity index is 2.98. The lowest BCUT2D eigenvalue weighted by Gasteiger charge is -2.21. The number of hydrogen-bond donors (Lipinski definition) is 1. The first-order valence-electron chi connectivity index (χ1n) is 6.74. The fourth-order valence-electron chi connectivity index (χ4n) is 1.95. The van der Waals surface area contributed by atoms with Gasteiger partial charge in [0.15, 0.2) is 0 Å². The lowest BCUT2D eigenvalue weighted by atomic mass is 10.4. The van der Waals surface area contributed by atoms with Gasteiger partial charge < -0.3 is 15.2 Å². The third kappa shape index (κ3) is 5.01. The van der Waals surface area contributed by atoms with E-state index in [0.717, 1.165) is 9.75 Å². The second-order valence-corrected chi connectivity index (χ2v) is 7.83. The monoisotopic (exact) mass is 336 g/mol. The molecular weight excluding hydrogens is 312 g/mol. The highest BCUT2D eigenvalue weighted by molar-refractivity contribution is 7.89. The van der Waals surface area contributed by atoms with E-state index in [-0.39, 0.29) is 0 Å². The minimum absolute atomic E-state index is 0.329. The van der Waals surface area contributed by atoms with Crippen molar-refractivity contribution in [3.05, 3.63) is 15.8 Å². The first-order chi connectivity index (χ1) is 9.97. The summed E-state index contributed by atoms with van der Waals surface area (Å²) in [5.74, 6) is 0. The summed E-state index contributed by atoms with van der Waals surface area (Å²) in [6, 6.07) is 1.67. The quantitative estimate of drug-likeness (QED) is 0.649. The van der Waals surface area contributed by atoms with Gasteiger partial charge in [0, 0.05) is 50.2 Å². The van der Waals surface area contributed by atoms with Gasteiger partial charge in [-0.1, -0.05) is 0 Å². The third-order valence-electron chi connectivity index (χ3n) is 3.04. The lowest BCUT2D eigenvalue weighted by molar-refractivity contribution is 0.164. The van der Waals surface area contributed by atoms with Crippen molar-refractivity contribution in [3.8, 4) is 0 Å². The molecule has 0 aromatic carbocycles. The Labute approximate surface area is 130 Å². The van der Waals surface area contributed by atoms with E-state index in [0.29, 0.717) is 44.2 Å². The van der Waals surface area contributed by atoms with Gasteiger partial charge in [0.2, 0.25) is 10.0 Å². The first kappa shape index (κ1) is 18.5. The molecule has 0 spiro atoms. The number of methoxy groups -OCH3 is 2. The van der Waals surface area contributed by atoms with Crippen LogP contribution in [0.25, 0.3) is 0 Å². The van der Waals surface area contributed by atoms with E-state index in [1.54, 1.807) is 27.2 Å². The molecule has 0 saturated heterocycles. The highest BCUT2D eigenvalue weighted by atomic mass is 32.2. The molecular formula is C13H24N2O4S2. The molecule has 0 fully saturated rings. The molecule has 21 heavy (non-hydrogen) atoms. The number of hydrogen-bond acceptors (Lipinski definition) is 6. The van der Waals surface area contributed by atoms with E-state index in [4.69, 9.17) is 15.2 Å². The number of rotatable bonds is 10. The van der Waals surface area contributed by atoms with Crippen molar-refractivity contribution in [2.24, 2.45) is 5.73 Å². The average molecular weight is 336 g/mol. The van der Waals surface area contributed by atoms with Crippen molar-refractivity contribution in [3.63, 3.8) is 0 Å². The van der Waals surface area contributed by atoms with E-state index in [2.05, 4.69) is 0 Å². The summed E-state index contributed by atoms with van der Waals surface area (Å²) >= 11 is 1.42. The molecule has 0 amide bonds. The normalized spacial score (nSPS) is 12.2. The number of nitrogens with two attached hydrogens (primary N) is 1. The molecule has 0 aliphatic rings. The highest BCUT2D eigenvalue weighted by Crippen LogP contribution is 2.28. The summed E-state index contributed by atoms with van der Waals surface area (Å²) in [5.41, 5.74) is 5.60. The molecule has 1 aromatic heterocycles. The third-order valence-corrected chi connectivity index (χ3v) is 6.27. The van der Waals surface area contributed by atoms with Gasteiger partial charge >= 0.3 is 0 Å². The zero-order valence-electron chi connectivity index (χ0n) is 12.8. The maximum atomic E-state index is 12.8. The van der Waals surface area contributed by atoms with E-state index >= 15 is 0 Å². The zero-order valence-corrected chi connectivity index (χ0v) is 14.4. The Kier molecular flexibility index (Phi) is 7.78. The van der Waals surface area contributed by atoms with Gasteiger partial charge in [-0.2, -0.15) is 4.31 Å². The van der Waals surface area contributed by atoms with Gasteiger partial charge in [0.25, 0.3) is 0 Å². The average Bonchev–Trinajstić information content (AvgIpc) is 2.84. The molecule has 0 radical (unpaired) electrons. The van der Waals surface area contributed by atoms with Crippen LogP contribution in [0, 0.1) is 6.92 Å². The van der Waals surface area contributed by atoms with Crippen molar-refractivity contribution >= 4 is 21.4 Å². The Hall–Kier alpha value is -0.510. The van der Waals surface area contributed by atoms with Crippen LogP contribution in [0.2, 0.25) is 0 Å². The predicted octanol–water partition coefficient (Wildman–Crippen LogP) is 1.19. The maximum Gasteiger partial charge on any atom is 0.244 e. The number of thiophene rings is 1. The fraction of sp³-hybridized carbons (Fsp3) is 0.692. The minimum atomic E-state index is -3.52. The molecule has 2 N–H and O–H groups in total. The lowest BCUT2D eigenvalue weighted by Crippen LogP contribution is -2.35. The molecule has 0 atom stereocenters. The molecule has 0 aliphatic carbocycles. The number of aryl methyl sites for hydroxylation is 1. The van der Waals surface area contributed by atoms with Gasteiger partial charge in [-0.15, -0.1) is 11.3 Å². The Morgan fingerprint density at radius 2 is 1.90 bits per heavy atom. The Morgan fingerprint density at radius 3 is 2.43 bits per heavy atom. The van der Waals surface area contributed by atoms with Crippen molar-refractivity contribution in [2.45, 2.75) is 24.8 Å². The standard InChI is InChI=1S/C13H24N2O4S2/c1-11-13(9-12(10-14)20-11)21(16,17)15(6-8-19-3)5-4-7-18-2/h9H,4-8,10,14H2,1-3H3. The van der Waals surface area contributed by atoms with Gasteiger partial charge in [-0.3, -0.25) is 0 Å². The second-order valence-electron chi connectivity index (χ2n) is 4.58. The summed E-state index contributed by atoms with van der Waals surface area (Å²) < 4.78 is 37.0. The summed E-state index contributed by atoms with van der Waals surface area (Å²) in [6.45, 7) is 3.78. The molecule has 1 aromatic rings. The summed E-state index contributed by atoms with van der Waals surface area (Å²) in [6.07, 6.45) is 0.645. The van der Waals surface area contributed by atoms with Crippen LogP contribution in [-0.4, -0.2) is 53.2 Å². The molecule has 1 rings (SSSR count). The minimum Gasteiger partial charge on any atom is -0.385 e. The van der Waals surface area contributed by atoms with E-state index in [9.17, 15) is 8.42 Å². The first-order valence-corrected chi connectivity index (χ1v) is 9.00. The van der Waals surface area contributed by atoms with Crippen molar-refractivity contribution in [2.75, 3.05) is 40.5 Å². The molecule has 122 valence electrons. The van der Waals surface area contributed by atoms with Crippen LogP contribution < -0.4 is 5.73 Å². The molecule has 0 saturated carbocycles. The SMILES string of the molecule is COCCCN(CCOC)S(=O)(=O)c1cc(CN)sc1C. The van der Waals surface area contributed by atoms with Crippen LogP contribution in [0.1, 0.15) is 16.2 Å². The van der Waals surface area contributed by atoms with Crippen molar-refractivity contribution < 1.29 is 17.9 Å². The van der Waals surface area contributed by atoms with Crippen LogP contribution in [-0.2, 0) is 26.0 Å². The van der Waals surface area contributed by atoms with Crippen LogP contribution in [0.3, 0.4) is 0 Å². The number of sulfonamides is 1. The Morgan fingerprint density at radius 1 is 1.24 bits per heavy atom. The van der Waals surface area contributed by atoms with Gasteiger partial charge in [0.1, 0.15) is 0 Å². The number of ether oxygens (including phenoxy) is 2. The summed E-state index contributed by atoms with van der Waals surface area (Å²) in [4.78, 5) is 1.99. The van der Waals surface area contributed by atoms with Crippen LogP contribution >= 0.6 is 11.3 Å². The molecule has 6 nitrogen and oxygen atoms in total. The smallest absolute Gasteiger partial charge is 0.244 e. The fourth-order valence-corrected chi connectivity index (χ4v) is 4.90. The summed E-state index contributed by atoms with van der Waals surface area (Å²) in [7, 11) is -0.361. The van der Waals surface area contributed by atoms with E-state index in [1.165, 1.54) is 15.6 Å². The van der Waals surface area contributed by atoms with Gasteiger partial charge in [-0.05, 0) is 19.4 Å². The topological polar surface area (TPSA) is 81.9 Å². The van der Waals surface area contributed by atoms with Crippen molar-refractivity contribution in [1.82, 2.24) is 4.31 Å². The highest BCUT2D eigenvalue weighted by Gasteiger charge is 2.27. The molecule has 1 heterocycles. The molecule has 8 heteroatoms. The molecule has 0 unspecified atom stereocenters. The predicted molar refractivity (Wildman–Crippen MR) is 84.1 cm³/mol. The molecule has 0 bridgehead atoms.